The molecule has 0 aliphatic carbocycles. The van der Waals surface area contributed by atoms with Gasteiger partial charge < -0.3 is 8.92 Å². The largest absolute Gasteiger partial charge is 0.469 e. The number of para-hydroxylation sites is 1. The van der Waals surface area contributed by atoms with E-state index in [0.717, 1.165) is 6.26 Å². The quantitative estimate of drug-likeness (QED) is 0.603. The van der Waals surface area contributed by atoms with Crippen molar-refractivity contribution in [3.8, 4) is 5.88 Å². The minimum absolute atomic E-state index is 0.00738. The van der Waals surface area contributed by atoms with E-state index in [2.05, 4.69) is 9.84 Å². The predicted octanol–water partition coefficient (Wildman–Crippen LogP) is 0.938. The Kier molecular flexibility index (Phi) is 3.93. The first kappa shape index (κ1) is 14.3. The molecule has 0 fully saturated rings. The van der Waals surface area contributed by atoms with Crippen LogP contribution in [0.4, 0.5) is 0 Å². The van der Waals surface area contributed by atoms with Gasteiger partial charge in [0, 0.05) is 0 Å². The van der Waals surface area contributed by atoms with Crippen LogP contribution in [0.15, 0.2) is 24.3 Å². The van der Waals surface area contributed by atoms with Crippen LogP contribution in [0.2, 0.25) is 0 Å². The number of esters is 1. The zero-order chi connectivity index (χ0) is 14.8. The summed E-state index contributed by atoms with van der Waals surface area (Å²) in [5, 5.41) is 4.66. The number of aryl methyl sites for hydroxylation is 1. The van der Waals surface area contributed by atoms with Crippen LogP contribution in [0.3, 0.4) is 0 Å². The van der Waals surface area contributed by atoms with Crippen molar-refractivity contribution in [1.82, 2.24) is 9.78 Å². The lowest BCUT2D eigenvalue weighted by Gasteiger charge is -2.01. The summed E-state index contributed by atoms with van der Waals surface area (Å²) < 4.78 is 33.4. The number of methoxy groups -OCH3 is 1. The van der Waals surface area contributed by atoms with Crippen molar-refractivity contribution < 1.29 is 22.1 Å². The monoisotopic (exact) mass is 298 g/mol. The highest BCUT2D eigenvalue weighted by molar-refractivity contribution is 7.86. The molecule has 1 heterocycles. The van der Waals surface area contributed by atoms with Gasteiger partial charge in [-0.25, -0.2) is 0 Å². The maximum atomic E-state index is 11.2. The van der Waals surface area contributed by atoms with Crippen LogP contribution in [0.5, 0.6) is 5.88 Å². The second kappa shape index (κ2) is 5.49. The summed E-state index contributed by atoms with van der Waals surface area (Å²) in [4.78, 5) is 11.2. The first-order valence-electron chi connectivity index (χ1n) is 5.82. The van der Waals surface area contributed by atoms with Gasteiger partial charge in [-0.15, -0.1) is 5.10 Å². The maximum Gasteiger partial charge on any atom is 0.307 e. The molecule has 0 spiro atoms. The van der Waals surface area contributed by atoms with Gasteiger partial charge in [0.2, 0.25) is 0 Å². The Labute approximate surface area is 116 Å². The lowest BCUT2D eigenvalue weighted by Crippen LogP contribution is -2.09. The smallest absolute Gasteiger partial charge is 0.307 e. The fraction of sp³-hybridized carbons (Fsp3) is 0.333. The predicted molar refractivity (Wildman–Crippen MR) is 71.8 cm³/mol. The van der Waals surface area contributed by atoms with Crippen molar-refractivity contribution in [2.45, 2.75) is 13.0 Å². The second-order valence-electron chi connectivity index (χ2n) is 4.16. The van der Waals surface area contributed by atoms with Crippen LogP contribution in [0.1, 0.15) is 6.42 Å². The Bertz CT molecular complexity index is 735. The number of hydrogen-bond acceptors (Lipinski definition) is 6. The van der Waals surface area contributed by atoms with Gasteiger partial charge in [0.25, 0.3) is 5.88 Å². The van der Waals surface area contributed by atoms with E-state index in [1.807, 2.05) is 0 Å². The average molecular weight is 298 g/mol. The Hall–Kier alpha value is -2.09. The molecule has 0 saturated heterocycles. The molecule has 0 bridgehead atoms. The number of ether oxygens (including phenoxy) is 1. The fourth-order valence-corrected chi connectivity index (χ4v) is 2.18. The summed E-state index contributed by atoms with van der Waals surface area (Å²) in [6.07, 6.45) is 1.09. The Morgan fingerprint density at radius 2 is 2.05 bits per heavy atom. The number of benzene rings is 1. The molecule has 0 aliphatic rings. The van der Waals surface area contributed by atoms with Crippen LogP contribution >= 0.6 is 0 Å². The SMILES string of the molecule is COC(=O)CCn1nc(OS(C)(=O)=O)c2ccccc21. The molecule has 1 aromatic heterocycles. The van der Waals surface area contributed by atoms with Gasteiger partial charge in [0.15, 0.2) is 0 Å². The number of carbonyl (C=O) groups excluding carboxylic acids is 1. The van der Waals surface area contributed by atoms with E-state index < -0.39 is 10.1 Å². The van der Waals surface area contributed by atoms with Gasteiger partial charge in [-0.3, -0.25) is 9.48 Å². The van der Waals surface area contributed by atoms with Crippen LogP contribution < -0.4 is 4.18 Å². The highest BCUT2D eigenvalue weighted by Gasteiger charge is 2.15. The minimum Gasteiger partial charge on any atom is -0.469 e. The van der Waals surface area contributed by atoms with E-state index in [9.17, 15) is 13.2 Å². The molecule has 20 heavy (non-hydrogen) atoms. The molecule has 1 aromatic carbocycles. The van der Waals surface area contributed by atoms with E-state index in [-0.39, 0.29) is 24.8 Å². The molecule has 2 rings (SSSR count). The number of rotatable bonds is 5. The molecule has 7 nitrogen and oxygen atoms in total. The van der Waals surface area contributed by atoms with Crippen molar-refractivity contribution in [2.24, 2.45) is 0 Å². The molecule has 0 aliphatic heterocycles. The van der Waals surface area contributed by atoms with E-state index in [4.69, 9.17) is 4.18 Å². The third kappa shape index (κ3) is 3.27. The number of aromatic nitrogens is 2. The third-order valence-corrected chi connectivity index (χ3v) is 3.07. The minimum atomic E-state index is -3.66. The summed E-state index contributed by atoms with van der Waals surface area (Å²) in [5.41, 5.74) is 0.690. The van der Waals surface area contributed by atoms with E-state index >= 15 is 0 Å². The Balaban J connectivity index is 2.38. The molecule has 108 valence electrons. The molecule has 0 atom stereocenters. The van der Waals surface area contributed by atoms with E-state index in [1.54, 1.807) is 24.3 Å². The van der Waals surface area contributed by atoms with Crippen molar-refractivity contribution in [2.75, 3.05) is 13.4 Å². The Morgan fingerprint density at radius 3 is 2.70 bits per heavy atom. The molecule has 0 saturated carbocycles. The topological polar surface area (TPSA) is 87.5 Å². The average Bonchev–Trinajstić information content (AvgIpc) is 2.72. The van der Waals surface area contributed by atoms with E-state index in [0.29, 0.717) is 10.9 Å². The fourth-order valence-electron chi connectivity index (χ4n) is 1.77. The molecule has 0 unspecified atom stereocenters. The maximum absolute atomic E-state index is 11.2. The standard InChI is InChI=1S/C12H14N2O5S/c1-18-11(15)7-8-14-10-6-4-3-5-9(10)12(13-14)19-20(2,16)17/h3-6H,7-8H2,1-2H3. The number of nitrogens with zero attached hydrogens (tertiary/aromatic N) is 2. The lowest BCUT2D eigenvalue weighted by atomic mass is 10.2. The van der Waals surface area contributed by atoms with Crippen molar-refractivity contribution in [3.63, 3.8) is 0 Å². The second-order valence-corrected chi connectivity index (χ2v) is 5.73. The van der Waals surface area contributed by atoms with Crippen molar-refractivity contribution in [3.05, 3.63) is 24.3 Å². The van der Waals surface area contributed by atoms with E-state index in [1.165, 1.54) is 11.8 Å². The molecular weight excluding hydrogens is 284 g/mol. The summed E-state index contributed by atoms with van der Waals surface area (Å²) in [5.74, 6) is -0.358. The van der Waals surface area contributed by atoms with Crippen LogP contribution in [0, 0.1) is 0 Å². The third-order valence-electron chi connectivity index (χ3n) is 2.61. The number of carbonyl (C=O) groups is 1. The zero-order valence-electron chi connectivity index (χ0n) is 11.1. The first-order valence-corrected chi connectivity index (χ1v) is 7.64. The first-order chi connectivity index (χ1) is 9.40. The molecular formula is C12H14N2O5S. The van der Waals surface area contributed by atoms with Gasteiger partial charge in [-0.05, 0) is 12.1 Å². The normalized spacial score (nSPS) is 11.5. The van der Waals surface area contributed by atoms with Gasteiger partial charge >= 0.3 is 16.1 Å². The summed E-state index contributed by atoms with van der Waals surface area (Å²) >= 11 is 0. The van der Waals surface area contributed by atoms with Gasteiger partial charge in [-0.2, -0.15) is 8.42 Å². The summed E-state index contributed by atoms with van der Waals surface area (Å²) in [6.45, 7) is 0.278. The molecule has 8 heteroatoms. The zero-order valence-corrected chi connectivity index (χ0v) is 11.9. The highest BCUT2D eigenvalue weighted by Crippen LogP contribution is 2.25. The van der Waals surface area contributed by atoms with Crippen LogP contribution in [-0.4, -0.2) is 37.5 Å². The lowest BCUT2D eigenvalue weighted by molar-refractivity contribution is -0.140. The number of hydrogen-bond donors (Lipinski definition) is 0. The van der Waals surface area contributed by atoms with Gasteiger partial charge in [0.1, 0.15) is 0 Å². The summed E-state index contributed by atoms with van der Waals surface area (Å²) in [6, 6.07) is 7.03. The molecule has 0 N–H and O–H groups in total. The van der Waals surface area contributed by atoms with Gasteiger partial charge in [-0.1, -0.05) is 12.1 Å². The molecule has 0 amide bonds. The molecule has 0 radical (unpaired) electrons. The molecule has 2 aromatic rings. The number of fused-ring (bicyclic) bond motifs is 1. The van der Waals surface area contributed by atoms with Crippen LogP contribution in [-0.2, 0) is 26.2 Å². The highest BCUT2D eigenvalue weighted by atomic mass is 32.2. The van der Waals surface area contributed by atoms with Gasteiger partial charge in [0.05, 0.1) is 37.2 Å². The Morgan fingerprint density at radius 1 is 1.35 bits per heavy atom. The summed E-state index contributed by atoms with van der Waals surface area (Å²) in [7, 11) is -2.35. The van der Waals surface area contributed by atoms with Crippen molar-refractivity contribution in [1.29, 1.82) is 0 Å². The van der Waals surface area contributed by atoms with Crippen LogP contribution in [0.25, 0.3) is 10.9 Å². The van der Waals surface area contributed by atoms with Crippen molar-refractivity contribution >= 4 is 27.0 Å².